The first-order valence-corrected chi connectivity index (χ1v) is 6.37. The average molecular weight is 249 g/mol. The third-order valence-corrected chi connectivity index (χ3v) is 3.41. The Labute approximate surface area is 111 Å². The Balaban J connectivity index is 2.15. The van der Waals surface area contributed by atoms with Crippen molar-refractivity contribution >= 4 is 10.9 Å². The van der Waals surface area contributed by atoms with Gasteiger partial charge in [-0.1, -0.05) is 42.5 Å². The molecule has 0 atom stereocenters. The number of rotatable bonds is 2. The molecule has 0 aliphatic carbocycles. The van der Waals surface area contributed by atoms with Crippen molar-refractivity contribution in [2.75, 3.05) is 0 Å². The van der Waals surface area contributed by atoms with E-state index in [0.29, 0.717) is 6.42 Å². The summed E-state index contributed by atoms with van der Waals surface area (Å²) in [6.45, 7) is 0. The van der Waals surface area contributed by atoms with Gasteiger partial charge in [-0.05, 0) is 17.7 Å². The zero-order valence-electron chi connectivity index (χ0n) is 10.8. The second kappa shape index (κ2) is 4.73. The quantitative estimate of drug-likeness (QED) is 0.684. The van der Waals surface area contributed by atoms with Crippen LogP contribution in [0.2, 0.25) is 0 Å². The molecule has 0 N–H and O–H groups in total. The summed E-state index contributed by atoms with van der Waals surface area (Å²) in [6, 6.07) is 17.8. The van der Waals surface area contributed by atoms with Crippen LogP contribution in [0.5, 0.6) is 0 Å². The predicted octanol–water partition coefficient (Wildman–Crippen LogP) is 3.13. The van der Waals surface area contributed by atoms with Crippen molar-refractivity contribution < 1.29 is 0 Å². The number of pyridine rings is 1. The molecule has 2 aromatic carbocycles. The van der Waals surface area contributed by atoms with Gasteiger partial charge in [-0.2, -0.15) is 0 Å². The van der Waals surface area contributed by atoms with Crippen LogP contribution in [0.1, 0.15) is 11.1 Å². The van der Waals surface area contributed by atoms with Crippen LogP contribution in [0.15, 0.2) is 65.6 Å². The monoisotopic (exact) mass is 249 g/mol. The van der Waals surface area contributed by atoms with Crippen LogP contribution in [0, 0.1) is 0 Å². The number of para-hydroxylation sites is 1. The lowest BCUT2D eigenvalue weighted by molar-refractivity contribution is 0.927. The SMILES string of the molecule is Cn1cc(Cc2ccccc2)c(=O)c2ccccc21. The lowest BCUT2D eigenvalue weighted by atomic mass is 10.0. The number of nitrogens with zero attached hydrogens (tertiary/aromatic N) is 1. The Morgan fingerprint density at radius 2 is 1.63 bits per heavy atom. The van der Waals surface area contributed by atoms with Crippen LogP contribution < -0.4 is 5.43 Å². The van der Waals surface area contributed by atoms with Gasteiger partial charge in [-0.15, -0.1) is 0 Å². The molecule has 0 bridgehead atoms. The van der Waals surface area contributed by atoms with Gasteiger partial charge in [0.05, 0.1) is 5.52 Å². The van der Waals surface area contributed by atoms with Crippen molar-refractivity contribution in [3.8, 4) is 0 Å². The number of fused-ring (bicyclic) bond motifs is 1. The predicted molar refractivity (Wildman–Crippen MR) is 78.4 cm³/mol. The van der Waals surface area contributed by atoms with Crippen molar-refractivity contribution in [3.05, 3.63) is 82.1 Å². The summed E-state index contributed by atoms with van der Waals surface area (Å²) in [4.78, 5) is 12.5. The zero-order chi connectivity index (χ0) is 13.2. The van der Waals surface area contributed by atoms with Gasteiger partial charge in [0.2, 0.25) is 0 Å². The number of benzene rings is 2. The molecule has 2 heteroatoms. The fraction of sp³-hybridized carbons (Fsp3) is 0.118. The van der Waals surface area contributed by atoms with E-state index in [1.807, 2.05) is 60.3 Å². The van der Waals surface area contributed by atoms with Gasteiger partial charge in [0.15, 0.2) is 5.43 Å². The molecule has 3 aromatic rings. The van der Waals surface area contributed by atoms with E-state index in [4.69, 9.17) is 0 Å². The van der Waals surface area contributed by atoms with E-state index >= 15 is 0 Å². The molecule has 0 saturated heterocycles. The molecule has 19 heavy (non-hydrogen) atoms. The van der Waals surface area contributed by atoms with Gasteiger partial charge in [0.1, 0.15) is 0 Å². The topological polar surface area (TPSA) is 22.0 Å². The third-order valence-electron chi connectivity index (χ3n) is 3.41. The van der Waals surface area contributed by atoms with Crippen molar-refractivity contribution in [1.29, 1.82) is 0 Å². The van der Waals surface area contributed by atoms with Crippen LogP contribution in [0.25, 0.3) is 10.9 Å². The highest BCUT2D eigenvalue weighted by molar-refractivity contribution is 5.79. The molecular weight excluding hydrogens is 234 g/mol. The summed E-state index contributed by atoms with van der Waals surface area (Å²) in [5, 5.41) is 0.790. The van der Waals surface area contributed by atoms with E-state index in [0.717, 1.165) is 22.0 Å². The van der Waals surface area contributed by atoms with Crippen LogP contribution in [0.4, 0.5) is 0 Å². The molecule has 3 rings (SSSR count). The van der Waals surface area contributed by atoms with Crippen molar-refractivity contribution in [2.45, 2.75) is 6.42 Å². The molecule has 0 spiro atoms. The maximum atomic E-state index is 12.5. The fourth-order valence-electron chi connectivity index (χ4n) is 2.45. The van der Waals surface area contributed by atoms with Crippen LogP contribution in [-0.2, 0) is 13.5 Å². The van der Waals surface area contributed by atoms with E-state index in [2.05, 4.69) is 12.1 Å². The second-order valence-corrected chi connectivity index (χ2v) is 4.77. The summed E-state index contributed by atoms with van der Waals surface area (Å²) >= 11 is 0. The van der Waals surface area contributed by atoms with Gasteiger partial charge in [0, 0.05) is 30.6 Å². The van der Waals surface area contributed by atoms with Gasteiger partial charge < -0.3 is 4.57 Å². The Morgan fingerprint density at radius 3 is 2.42 bits per heavy atom. The maximum absolute atomic E-state index is 12.5. The Bertz CT molecular complexity index is 772. The molecule has 0 fully saturated rings. The Kier molecular flexibility index (Phi) is 2.92. The van der Waals surface area contributed by atoms with Gasteiger partial charge in [0.25, 0.3) is 0 Å². The van der Waals surface area contributed by atoms with Gasteiger partial charge in [-0.25, -0.2) is 0 Å². The van der Waals surface area contributed by atoms with E-state index < -0.39 is 0 Å². The Hall–Kier alpha value is -2.35. The van der Waals surface area contributed by atoms with Gasteiger partial charge >= 0.3 is 0 Å². The number of aromatic nitrogens is 1. The lowest BCUT2D eigenvalue weighted by Gasteiger charge is -2.09. The van der Waals surface area contributed by atoms with E-state index in [-0.39, 0.29) is 5.43 Å². The minimum absolute atomic E-state index is 0.137. The third kappa shape index (κ3) is 2.17. The summed E-state index contributed by atoms with van der Waals surface area (Å²) in [5.74, 6) is 0. The van der Waals surface area contributed by atoms with E-state index in [9.17, 15) is 4.79 Å². The standard InChI is InChI=1S/C17H15NO/c1-18-12-14(11-13-7-3-2-4-8-13)17(19)15-9-5-6-10-16(15)18/h2-10,12H,11H2,1H3. The highest BCUT2D eigenvalue weighted by Gasteiger charge is 2.07. The lowest BCUT2D eigenvalue weighted by Crippen LogP contribution is -2.13. The fourth-order valence-corrected chi connectivity index (χ4v) is 2.45. The molecule has 1 heterocycles. The normalized spacial score (nSPS) is 10.8. The average Bonchev–Trinajstić information content (AvgIpc) is 2.46. The highest BCUT2D eigenvalue weighted by atomic mass is 16.1. The number of aryl methyl sites for hydroxylation is 1. The molecule has 2 nitrogen and oxygen atoms in total. The number of hydrogen-bond donors (Lipinski definition) is 0. The molecular formula is C17H15NO. The van der Waals surface area contributed by atoms with Crippen LogP contribution in [0.3, 0.4) is 0 Å². The summed E-state index contributed by atoms with van der Waals surface area (Å²) in [6.07, 6.45) is 2.62. The molecule has 0 amide bonds. The first-order chi connectivity index (χ1) is 9.25. The van der Waals surface area contributed by atoms with Crippen molar-refractivity contribution in [3.63, 3.8) is 0 Å². The highest BCUT2D eigenvalue weighted by Crippen LogP contribution is 2.12. The minimum Gasteiger partial charge on any atom is -0.350 e. The molecule has 0 aliphatic rings. The van der Waals surface area contributed by atoms with Gasteiger partial charge in [-0.3, -0.25) is 4.79 Å². The summed E-state index contributed by atoms with van der Waals surface area (Å²) in [5.41, 5.74) is 3.11. The Morgan fingerprint density at radius 1 is 0.947 bits per heavy atom. The summed E-state index contributed by atoms with van der Waals surface area (Å²) in [7, 11) is 1.98. The first-order valence-electron chi connectivity index (χ1n) is 6.37. The van der Waals surface area contributed by atoms with Crippen molar-refractivity contribution in [2.24, 2.45) is 7.05 Å². The maximum Gasteiger partial charge on any atom is 0.192 e. The molecule has 0 aliphatic heterocycles. The van der Waals surface area contributed by atoms with Crippen LogP contribution >= 0.6 is 0 Å². The largest absolute Gasteiger partial charge is 0.350 e. The molecule has 0 radical (unpaired) electrons. The zero-order valence-corrected chi connectivity index (χ0v) is 10.8. The molecule has 0 unspecified atom stereocenters. The smallest absolute Gasteiger partial charge is 0.192 e. The van der Waals surface area contributed by atoms with Crippen LogP contribution in [-0.4, -0.2) is 4.57 Å². The first kappa shape index (κ1) is 11.7. The molecule has 0 saturated carbocycles. The van der Waals surface area contributed by atoms with E-state index in [1.54, 1.807) is 0 Å². The number of hydrogen-bond acceptors (Lipinski definition) is 1. The summed E-state index contributed by atoms with van der Waals surface area (Å²) < 4.78 is 2.02. The molecule has 94 valence electrons. The van der Waals surface area contributed by atoms with Crippen molar-refractivity contribution in [1.82, 2.24) is 4.57 Å². The minimum atomic E-state index is 0.137. The molecule has 1 aromatic heterocycles. The second-order valence-electron chi connectivity index (χ2n) is 4.77. The van der Waals surface area contributed by atoms with E-state index in [1.165, 1.54) is 0 Å².